The van der Waals surface area contributed by atoms with Gasteiger partial charge in [-0.25, -0.2) is 0 Å². The van der Waals surface area contributed by atoms with E-state index < -0.39 is 0 Å². The molecule has 3 N–H and O–H groups in total. The van der Waals surface area contributed by atoms with Gasteiger partial charge in [-0.15, -0.1) is 0 Å². The van der Waals surface area contributed by atoms with Crippen LogP contribution < -0.4 is 10.5 Å². The predicted molar refractivity (Wildman–Crippen MR) is 112 cm³/mol. The number of nitrogens with one attached hydrogen (secondary N) is 1. The molecular formula is C24H23N3O. The Balaban J connectivity index is 1.54. The van der Waals surface area contributed by atoms with E-state index in [9.17, 15) is 0 Å². The van der Waals surface area contributed by atoms with Crippen LogP contribution in [0.5, 0.6) is 11.5 Å². The number of aromatic nitrogens is 2. The lowest BCUT2D eigenvalue weighted by Gasteiger charge is -2.18. The lowest BCUT2D eigenvalue weighted by atomic mass is 9.88. The number of benzene rings is 3. The summed E-state index contributed by atoms with van der Waals surface area (Å²) in [6.45, 7) is 0.635. The van der Waals surface area contributed by atoms with E-state index in [0.717, 1.165) is 29.0 Å². The van der Waals surface area contributed by atoms with E-state index in [2.05, 4.69) is 46.6 Å². The number of nitrogens with zero attached hydrogens (tertiary/aromatic N) is 1. The van der Waals surface area contributed by atoms with Crippen LogP contribution in [-0.4, -0.2) is 16.7 Å². The summed E-state index contributed by atoms with van der Waals surface area (Å²) in [5, 5.41) is 6.87. The Morgan fingerprint density at radius 2 is 1.43 bits per heavy atom. The first-order valence-electron chi connectivity index (χ1n) is 9.45. The maximum Gasteiger partial charge on any atom is 0.127 e. The number of para-hydroxylation sites is 1. The van der Waals surface area contributed by atoms with Crippen molar-refractivity contribution in [1.82, 2.24) is 10.2 Å². The number of rotatable bonds is 7. The van der Waals surface area contributed by atoms with Crippen molar-refractivity contribution in [1.29, 1.82) is 0 Å². The Labute approximate surface area is 165 Å². The van der Waals surface area contributed by atoms with Gasteiger partial charge in [0.1, 0.15) is 11.5 Å². The van der Waals surface area contributed by atoms with Crippen LogP contribution in [0.2, 0.25) is 0 Å². The summed E-state index contributed by atoms with van der Waals surface area (Å²) >= 11 is 0. The number of hydrogen-bond donors (Lipinski definition) is 2. The van der Waals surface area contributed by atoms with E-state index in [1.54, 1.807) is 0 Å². The van der Waals surface area contributed by atoms with Crippen LogP contribution in [0.15, 0.2) is 91.3 Å². The zero-order valence-electron chi connectivity index (χ0n) is 15.6. The van der Waals surface area contributed by atoms with Gasteiger partial charge in [0.05, 0.1) is 6.20 Å². The second kappa shape index (κ2) is 8.55. The molecule has 0 spiro atoms. The minimum absolute atomic E-state index is 0.258. The molecule has 1 aromatic heterocycles. The topological polar surface area (TPSA) is 63.9 Å². The lowest BCUT2D eigenvalue weighted by molar-refractivity contribution is 0.482. The first kappa shape index (κ1) is 18.0. The highest BCUT2D eigenvalue weighted by Crippen LogP contribution is 2.31. The quantitative estimate of drug-likeness (QED) is 0.461. The fraction of sp³-hybridized carbons (Fsp3) is 0.125. The molecule has 4 nitrogen and oxygen atoms in total. The Bertz CT molecular complexity index is 978. The number of aromatic amines is 1. The van der Waals surface area contributed by atoms with Gasteiger partial charge < -0.3 is 10.5 Å². The fourth-order valence-corrected chi connectivity index (χ4v) is 3.40. The SMILES string of the molecule is NCCC(c1ccc(Oc2ccccc2)cc1)c1ccc(-c2cn[nH]c2)cc1. The zero-order chi connectivity index (χ0) is 19.2. The molecule has 1 unspecified atom stereocenters. The van der Waals surface area contributed by atoms with E-state index in [1.165, 1.54) is 11.1 Å². The molecular weight excluding hydrogens is 346 g/mol. The summed E-state index contributed by atoms with van der Waals surface area (Å²) in [6, 6.07) is 26.7. The summed E-state index contributed by atoms with van der Waals surface area (Å²) in [7, 11) is 0. The third kappa shape index (κ3) is 4.13. The molecule has 4 heteroatoms. The van der Waals surface area contributed by atoms with Gasteiger partial charge in [0.25, 0.3) is 0 Å². The highest BCUT2D eigenvalue weighted by atomic mass is 16.5. The van der Waals surface area contributed by atoms with Crippen LogP contribution in [0, 0.1) is 0 Å². The maximum atomic E-state index is 5.91. The molecule has 0 amide bonds. The zero-order valence-corrected chi connectivity index (χ0v) is 15.6. The van der Waals surface area contributed by atoms with Crippen molar-refractivity contribution >= 4 is 0 Å². The number of H-pyrrole nitrogens is 1. The fourth-order valence-electron chi connectivity index (χ4n) is 3.40. The lowest BCUT2D eigenvalue weighted by Crippen LogP contribution is -2.08. The summed E-state index contributed by atoms with van der Waals surface area (Å²) in [5.41, 5.74) is 10.6. The van der Waals surface area contributed by atoms with Crippen LogP contribution in [0.1, 0.15) is 23.5 Å². The van der Waals surface area contributed by atoms with Gasteiger partial charge in [-0.3, -0.25) is 5.10 Å². The molecule has 28 heavy (non-hydrogen) atoms. The first-order chi connectivity index (χ1) is 13.8. The normalized spacial score (nSPS) is 11.9. The highest BCUT2D eigenvalue weighted by Gasteiger charge is 2.14. The monoisotopic (exact) mass is 369 g/mol. The first-order valence-corrected chi connectivity index (χ1v) is 9.45. The van der Waals surface area contributed by atoms with Gasteiger partial charge in [0.2, 0.25) is 0 Å². The van der Waals surface area contributed by atoms with E-state index in [4.69, 9.17) is 10.5 Å². The number of ether oxygens (including phenoxy) is 1. The van der Waals surface area contributed by atoms with Crippen LogP contribution in [-0.2, 0) is 0 Å². The molecule has 1 heterocycles. The predicted octanol–water partition coefficient (Wildman–Crippen LogP) is 5.35. The molecule has 3 aromatic carbocycles. The molecule has 0 radical (unpaired) electrons. The van der Waals surface area contributed by atoms with Crippen molar-refractivity contribution in [3.8, 4) is 22.6 Å². The Hall–Kier alpha value is -3.37. The smallest absolute Gasteiger partial charge is 0.127 e. The van der Waals surface area contributed by atoms with Crippen molar-refractivity contribution in [3.05, 3.63) is 102 Å². The molecule has 0 bridgehead atoms. The van der Waals surface area contributed by atoms with Crippen molar-refractivity contribution < 1.29 is 4.74 Å². The van der Waals surface area contributed by atoms with E-state index in [0.29, 0.717) is 6.54 Å². The molecule has 4 aromatic rings. The Morgan fingerprint density at radius 3 is 2.04 bits per heavy atom. The Kier molecular flexibility index (Phi) is 5.50. The minimum atomic E-state index is 0.258. The third-order valence-electron chi connectivity index (χ3n) is 4.86. The molecule has 140 valence electrons. The molecule has 0 aliphatic carbocycles. The van der Waals surface area contributed by atoms with Crippen LogP contribution >= 0.6 is 0 Å². The molecule has 0 aliphatic rings. The van der Waals surface area contributed by atoms with Crippen LogP contribution in [0.3, 0.4) is 0 Å². The molecule has 0 fully saturated rings. The Morgan fingerprint density at radius 1 is 0.786 bits per heavy atom. The summed E-state index contributed by atoms with van der Waals surface area (Å²) in [5.74, 6) is 1.93. The summed E-state index contributed by atoms with van der Waals surface area (Å²) < 4.78 is 5.90. The van der Waals surface area contributed by atoms with Crippen molar-refractivity contribution in [2.45, 2.75) is 12.3 Å². The maximum absolute atomic E-state index is 5.91. The summed E-state index contributed by atoms with van der Waals surface area (Å²) in [6.07, 6.45) is 4.62. The second-order valence-electron chi connectivity index (χ2n) is 6.72. The van der Waals surface area contributed by atoms with Gasteiger partial charge in [-0.1, -0.05) is 54.6 Å². The standard InChI is InChI=1S/C24H23N3O/c25-15-14-24(19-8-6-18(7-9-19)21-16-26-27-17-21)20-10-12-23(13-11-20)28-22-4-2-1-3-5-22/h1-13,16-17,24H,14-15,25H2,(H,26,27). The van der Waals surface area contributed by atoms with E-state index in [-0.39, 0.29) is 5.92 Å². The summed E-state index contributed by atoms with van der Waals surface area (Å²) in [4.78, 5) is 0. The molecule has 0 aliphatic heterocycles. The van der Waals surface area contributed by atoms with Gasteiger partial charge in [-0.05, 0) is 53.9 Å². The number of hydrogen-bond acceptors (Lipinski definition) is 3. The molecule has 4 rings (SSSR count). The molecule has 0 saturated carbocycles. The molecule has 1 atom stereocenters. The largest absolute Gasteiger partial charge is 0.457 e. The minimum Gasteiger partial charge on any atom is -0.457 e. The van der Waals surface area contributed by atoms with E-state index >= 15 is 0 Å². The average Bonchev–Trinajstić information content (AvgIpc) is 3.29. The van der Waals surface area contributed by atoms with Gasteiger partial charge >= 0.3 is 0 Å². The van der Waals surface area contributed by atoms with Gasteiger partial charge in [0, 0.05) is 17.7 Å². The third-order valence-corrected chi connectivity index (χ3v) is 4.86. The van der Waals surface area contributed by atoms with Crippen LogP contribution in [0.4, 0.5) is 0 Å². The van der Waals surface area contributed by atoms with Crippen molar-refractivity contribution in [2.75, 3.05) is 6.54 Å². The highest BCUT2D eigenvalue weighted by molar-refractivity contribution is 5.62. The van der Waals surface area contributed by atoms with Gasteiger partial charge in [0.15, 0.2) is 0 Å². The average molecular weight is 369 g/mol. The second-order valence-corrected chi connectivity index (χ2v) is 6.72. The van der Waals surface area contributed by atoms with Gasteiger partial charge in [-0.2, -0.15) is 5.10 Å². The molecule has 0 saturated heterocycles. The van der Waals surface area contributed by atoms with E-state index in [1.807, 2.05) is 54.9 Å². The van der Waals surface area contributed by atoms with Crippen molar-refractivity contribution in [3.63, 3.8) is 0 Å². The number of nitrogens with two attached hydrogens (primary N) is 1. The van der Waals surface area contributed by atoms with Crippen LogP contribution in [0.25, 0.3) is 11.1 Å². The van der Waals surface area contributed by atoms with Crippen molar-refractivity contribution in [2.24, 2.45) is 5.73 Å².